The number of nitrogens with zero attached hydrogens (tertiary/aromatic N) is 4. The Morgan fingerprint density at radius 2 is 1.69 bits per heavy atom. The van der Waals surface area contributed by atoms with Crippen molar-refractivity contribution in [2.75, 3.05) is 26.2 Å². The summed E-state index contributed by atoms with van der Waals surface area (Å²) in [7, 11) is 0. The van der Waals surface area contributed by atoms with E-state index in [4.69, 9.17) is 14.5 Å². The lowest BCUT2D eigenvalue weighted by molar-refractivity contribution is -0.154. The van der Waals surface area contributed by atoms with E-state index in [9.17, 15) is 28.7 Å². The summed E-state index contributed by atoms with van der Waals surface area (Å²) in [4.78, 5) is 58.9. The number of carboxylic acid groups (broad SMARTS) is 1. The smallest absolute Gasteiger partial charge is 0.410 e. The van der Waals surface area contributed by atoms with Crippen LogP contribution >= 0.6 is 0 Å². The lowest BCUT2D eigenvalue weighted by Crippen LogP contribution is -2.48. The zero-order valence-corrected chi connectivity index (χ0v) is 28.9. The number of carbonyl (C=O) groups is 4. The third kappa shape index (κ3) is 9.42. The molecule has 1 N–H and O–H groups in total. The number of amides is 2. The summed E-state index contributed by atoms with van der Waals surface area (Å²) in [5.74, 6) is -5.27. The van der Waals surface area contributed by atoms with Crippen molar-refractivity contribution < 1.29 is 42.5 Å². The van der Waals surface area contributed by atoms with E-state index in [2.05, 4.69) is 0 Å². The van der Waals surface area contributed by atoms with Gasteiger partial charge in [0.2, 0.25) is 0 Å². The first-order chi connectivity index (χ1) is 22.8. The maximum Gasteiger partial charge on any atom is 0.410 e. The minimum atomic E-state index is -1.15. The van der Waals surface area contributed by atoms with E-state index >= 15 is 4.39 Å². The molecule has 2 unspecified atom stereocenters. The normalized spacial score (nSPS) is 17.0. The molecule has 2 aromatic carbocycles. The van der Waals surface area contributed by atoms with Crippen LogP contribution < -0.4 is 0 Å². The lowest BCUT2D eigenvalue weighted by atomic mass is 9.83. The van der Waals surface area contributed by atoms with Crippen molar-refractivity contribution in [2.24, 2.45) is 17.3 Å². The van der Waals surface area contributed by atoms with Crippen LogP contribution in [0.25, 0.3) is 11.3 Å². The van der Waals surface area contributed by atoms with E-state index in [1.165, 1.54) is 16.7 Å². The summed E-state index contributed by atoms with van der Waals surface area (Å²) >= 11 is 0. The van der Waals surface area contributed by atoms with Gasteiger partial charge in [-0.05, 0) is 49.9 Å². The Labute approximate surface area is 284 Å². The molecule has 0 aliphatic carbocycles. The van der Waals surface area contributed by atoms with Gasteiger partial charge in [0.1, 0.15) is 23.1 Å². The SMILES string of the molecule is CC(=O)OCC(=O)N(CC1CN(C(=O)OC(C)(C)C)CC1C(=O)O)[C@@H](c1nc(-c2cc(F)ccc2F)cn1Cc1ccccc1)C(C)(C)C. The number of hydrogen-bond donors (Lipinski definition) is 1. The number of aromatic nitrogens is 2. The molecule has 13 heteroatoms. The summed E-state index contributed by atoms with van der Waals surface area (Å²) in [5, 5.41) is 10.2. The number of halogens is 2. The molecule has 0 saturated carbocycles. The Bertz CT molecular complexity index is 1680. The third-order valence-corrected chi connectivity index (χ3v) is 8.14. The zero-order valence-electron chi connectivity index (χ0n) is 28.9. The van der Waals surface area contributed by atoms with E-state index in [0.29, 0.717) is 5.82 Å². The van der Waals surface area contributed by atoms with E-state index in [-0.39, 0.29) is 37.4 Å². The molecule has 1 aliphatic heterocycles. The number of imidazole rings is 1. The predicted molar refractivity (Wildman–Crippen MR) is 176 cm³/mol. The Hall–Kier alpha value is -4.81. The number of carboxylic acids is 1. The first-order valence-electron chi connectivity index (χ1n) is 16.0. The van der Waals surface area contributed by atoms with Crippen LogP contribution in [-0.4, -0.2) is 80.2 Å². The van der Waals surface area contributed by atoms with Crippen LogP contribution in [0.1, 0.15) is 65.9 Å². The Kier molecular flexibility index (Phi) is 11.1. The number of ether oxygens (including phenoxy) is 2. The molecule has 2 heterocycles. The third-order valence-electron chi connectivity index (χ3n) is 8.14. The van der Waals surface area contributed by atoms with Gasteiger partial charge in [0.25, 0.3) is 5.91 Å². The van der Waals surface area contributed by atoms with Crippen LogP contribution in [0.2, 0.25) is 0 Å². The average molecular weight is 683 g/mol. The second-order valence-electron chi connectivity index (χ2n) is 14.4. The molecule has 0 radical (unpaired) electrons. The van der Waals surface area contributed by atoms with Crippen molar-refractivity contribution in [3.05, 3.63) is 77.8 Å². The van der Waals surface area contributed by atoms with Crippen LogP contribution in [-0.2, 0) is 30.4 Å². The van der Waals surface area contributed by atoms with Crippen LogP contribution in [0, 0.1) is 28.9 Å². The predicted octanol–water partition coefficient (Wildman–Crippen LogP) is 5.92. The van der Waals surface area contributed by atoms with Crippen molar-refractivity contribution >= 4 is 23.9 Å². The van der Waals surface area contributed by atoms with E-state index < -0.39 is 71.1 Å². The maximum absolute atomic E-state index is 15.1. The summed E-state index contributed by atoms with van der Waals surface area (Å²) in [6.07, 6.45) is 0.916. The van der Waals surface area contributed by atoms with Crippen LogP contribution in [0.5, 0.6) is 0 Å². The van der Waals surface area contributed by atoms with Gasteiger partial charge in [-0.1, -0.05) is 51.1 Å². The highest BCUT2D eigenvalue weighted by atomic mass is 19.1. The van der Waals surface area contributed by atoms with Gasteiger partial charge in [0.15, 0.2) is 6.61 Å². The van der Waals surface area contributed by atoms with Crippen molar-refractivity contribution in [3.8, 4) is 11.3 Å². The van der Waals surface area contributed by atoms with Crippen LogP contribution in [0.4, 0.5) is 13.6 Å². The van der Waals surface area contributed by atoms with Gasteiger partial charge < -0.3 is 28.9 Å². The minimum absolute atomic E-state index is 0.0156. The number of hydrogen-bond acceptors (Lipinski definition) is 7. The molecule has 3 atom stereocenters. The molecule has 2 amide bonds. The Morgan fingerprint density at radius 3 is 2.29 bits per heavy atom. The van der Waals surface area contributed by atoms with Gasteiger partial charge in [-0.2, -0.15) is 0 Å². The standard InChI is InChI=1S/C36H44F2N4O7/c1-22(43)48-21-30(44)42(18-24-17-41(19-27(24)33(45)46)34(47)49-36(5,6)7)31(35(2,3)4)32-39-29(26-15-25(37)13-14-28(26)38)20-40(32)16-23-11-9-8-10-12-23/h8-15,20,24,27,31H,16-19,21H2,1-7H3,(H,45,46)/t24?,27?,31-/m0/s1. The molecule has 1 aliphatic rings. The van der Waals surface area contributed by atoms with Crippen molar-refractivity contribution in [1.82, 2.24) is 19.4 Å². The second kappa shape index (κ2) is 14.8. The molecule has 4 rings (SSSR count). The molecule has 1 aromatic heterocycles. The second-order valence-corrected chi connectivity index (χ2v) is 14.4. The highest BCUT2D eigenvalue weighted by Crippen LogP contribution is 2.41. The van der Waals surface area contributed by atoms with Gasteiger partial charge >= 0.3 is 18.0 Å². The van der Waals surface area contributed by atoms with Gasteiger partial charge in [-0.15, -0.1) is 0 Å². The molecule has 49 heavy (non-hydrogen) atoms. The number of aliphatic carboxylic acids is 1. The van der Waals surface area contributed by atoms with Crippen LogP contribution in [0.15, 0.2) is 54.7 Å². The minimum Gasteiger partial charge on any atom is -0.481 e. The molecule has 0 spiro atoms. The van der Waals surface area contributed by atoms with Crippen molar-refractivity contribution in [2.45, 2.75) is 66.7 Å². The first kappa shape index (κ1) is 37.0. The first-order valence-corrected chi connectivity index (χ1v) is 16.0. The largest absolute Gasteiger partial charge is 0.481 e. The maximum atomic E-state index is 15.1. The van der Waals surface area contributed by atoms with Crippen molar-refractivity contribution in [3.63, 3.8) is 0 Å². The van der Waals surface area contributed by atoms with Gasteiger partial charge in [0, 0.05) is 50.8 Å². The summed E-state index contributed by atoms with van der Waals surface area (Å²) in [5.41, 5.74) is -0.678. The molecule has 264 valence electrons. The highest BCUT2D eigenvalue weighted by Gasteiger charge is 2.46. The molecule has 1 fully saturated rings. The topological polar surface area (TPSA) is 131 Å². The van der Waals surface area contributed by atoms with E-state index in [1.807, 2.05) is 51.1 Å². The fourth-order valence-corrected chi connectivity index (χ4v) is 6.03. The molecular formula is C36H44F2N4O7. The van der Waals surface area contributed by atoms with Crippen LogP contribution in [0.3, 0.4) is 0 Å². The van der Waals surface area contributed by atoms with Gasteiger partial charge in [-0.25, -0.2) is 18.6 Å². The van der Waals surface area contributed by atoms with E-state index in [1.54, 1.807) is 31.5 Å². The molecule has 11 nitrogen and oxygen atoms in total. The Balaban J connectivity index is 1.85. The lowest BCUT2D eigenvalue weighted by Gasteiger charge is -2.41. The Morgan fingerprint density at radius 1 is 1.02 bits per heavy atom. The summed E-state index contributed by atoms with van der Waals surface area (Å²) in [6.45, 7) is 11.2. The number of rotatable bonds is 10. The van der Waals surface area contributed by atoms with Crippen molar-refractivity contribution in [1.29, 1.82) is 0 Å². The fourth-order valence-electron chi connectivity index (χ4n) is 6.03. The average Bonchev–Trinajstić information content (AvgIpc) is 3.60. The molecule has 3 aromatic rings. The molecular weight excluding hydrogens is 638 g/mol. The number of carbonyl (C=O) groups excluding carboxylic acids is 3. The van der Waals surface area contributed by atoms with Gasteiger partial charge in [-0.3, -0.25) is 14.4 Å². The fraction of sp³-hybridized carbons (Fsp3) is 0.472. The van der Waals surface area contributed by atoms with E-state index in [0.717, 1.165) is 23.8 Å². The van der Waals surface area contributed by atoms with Gasteiger partial charge in [0.05, 0.1) is 17.7 Å². The molecule has 0 bridgehead atoms. The highest BCUT2D eigenvalue weighted by molar-refractivity contribution is 5.81. The monoisotopic (exact) mass is 682 g/mol. The molecule has 1 saturated heterocycles. The summed E-state index contributed by atoms with van der Waals surface area (Å²) in [6, 6.07) is 11.5. The number of likely N-dealkylation sites (tertiary alicyclic amines) is 1. The summed E-state index contributed by atoms with van der Waals surface area (Å²) < 4.78 is 41.8. The number of esters is 1. The quantitative estimate of drug-likeness (QED) is 0.261. The zero-order chi connectivity index (χ0) is 36.3. The number of benzene rings is 2.